The molecule has 0 atom stereocenters. The molecule has 3 aromatic carbocycles. The fraction of sp³-hybridized carbons (Fsp3) is 0.462. The van der Waals surface area contributed by atoms with Crippen molar-refractivity contribution in [1.82, 2.24) is 4.98 Å². The van der Waals surface area contributed by atoms with E-state index in [9.17, 15) is 4.57 Å². The third kappa shape index (κ3) is 8.36. The number of aromatic nitrogens is 1. The molecule has 1 heterocycles. The van der Waals surface area contributed by atoms with Gasteiger partial charge in [-0.3, -0.25) is 4.98 Å². The first kappa shape index (κ1) is 33.8. The van der Waals surface area contributed by atoms with Crippen LogP contribution >= 0.6 is 7.14 Å². The minimum atomic E-state index is -2.28. The van der Waals surface area contributed by atoms with Crippen LogP contribution in [0.3, 0.4) is 0 Å². The van der Waals surface area contributed by atoms with Crippen molar-refractivity contribution in [2.24, 2.45) is 5.92 Å². The Labute approximate surface area is 274 Å². The van der Waals surface area contributed by atoms with Crippen LogP contribution in [0, 0.1) is 31.9 Å². The van der Waals surface area contributed by atoms with Crippen LogP contribution in [0.25, 0.3) is 22.2 Å². The predicted octanol–water partition coefficient (Wildman–Crippen LogP) is 10.7. The Hall–Kier alpha value is -2.05. The largest absolute Gasteiger partial charge is 0.320 e. The zero-order valence-electron chi connectivity index (χ0n) is 26.5. The molecule has 6 rings (SSSR count). The Morgan fingerprint density at radius 1 is 0.837 bits per heavy atom. The molecule has 231 valence electrons. The summed E-state index contributed by atoms with van der Waals surface area (Å²) in [6, 6.07) is 29.9. The second kappa shape index (κ2) is 15.8. The average Bonchev–Trinajstić information content (AvgIpc) is 3.01. The Morgan fingerprint density at radius 3 is 2.09 bits per heavy atom. The molecule has 2 nitrogen and oxygen atoms in total. The number of pyridine rings is 1. The summed E-state index contributed by atoms with van der Waals surface area (Å²) in [5.74, 6) is 0.651. The number of rotatable bonds is 6. The van der Waals surface area contributed by atoms with Crippen LogP contribution in [0.4, 0.5) is 0 Å². The summed E-state index contributed by atoms with van der Waals surface area (Å²) < 4.78 is 14.1. The number of nitrogens with zero attached hydrogens (tertiary/aromatic N) is 1. The van der Waals surface area contributed by atoms with Crippen molar-refractivity contribution in [3.05, 3.63) is 95.6 Å². The zero-order valence-corrected chi connectivity index (χ0v) is 29.8. The summed E-state index contributed by atoms with van der Waals surface area (Å²) in [6.45, 7) is 8.71. The second-order valence-electron chi connectivity index (χ2n) is 13.1. The predicted molar refractivity (Wildman–Crippen MR) is 180 cm³/mol. The third-order valence-corrected chi connectivity index (χ3v) is 13.4. The SMILES string of the molecule is Cc1[c-]c(-c2ccc3c(CC(C)C)cccc3n2)cc(C)c1.O=P(c1[c-]cccc1)(C1CCCCC1)C1CCCCC1.[Ir]. The van der Waals surface area contributed by atoms with Gasteiger partial charge in [0.05, 0.1) is 12.7 Å². The molecule has 2 fully saturated rings. The molecular formula is C39H48IrNOP-2. The van der Waals surface area contributed by atoms with E-state index in [-0.39, 0.29) is 20.1 Å². The summed E-state index contributed by atoms with van der Waals surface area (Å²) in [4.78, 5) is 4.86. The third-order valence-electron chi connectivity index (χ3n) is 9.18. The molecule has 0 spiro atoms. The Bertz CT molecular complexity index is 1460. The maximum atomic E-state index is 14.1. The van der Waals surface area contributed by atoms with Gasteiger partial charge >= 0.3 is 0 Å². The first-order valence-corrected chi connectivity index (χ1v) is 18.2. The number of benzene rings is 3. The molecule has 0 saturated heterocycles. The number of hydrogen-bond donors (Lipinski definition) is 0. The first-order chi connectivity index (χ1) is 20.3. The van der Waals surface area contributed by atoms with Gasteiger partial charge < -0.3 is 4.57 Å². The van der Waals surface area contributed by atoms with Crippen LogP contribution in [0.2, 0.25) is 0 Å². The Balaban J connectivity index is 0.000000193. The maximum Gasteiger partial charge on any atom is 0.0978 e. The second-order valence-corrected chi connectivity index (χ2v) is 16.4. The van der Waals surface area contributed by atoms with Gasteiger partial charge in [-0.1, -0.05) is 90.5 Å². The van der Waals surface area contributed by atoms with Crippen molar-refractivity contribution in [2.75, 3.05) is 0 Å². The minimum absolute atomic E-state index is 0. The summed E-state index contributed by atoms with van der Waals surface area (Å²) >= 11 is 0. The fourth-order valence-electron chi connectivity index (χ4n) is 7.24. The van der Waals surface area contributed by atoms with E-state index >= 15 is 0 Å². The van der Waals surface area contributed by atoms with Gasteiger partial charge in [0.25, 0.3) is 0 Å². The zero-order chi connectivity index (χ0) is 29.5. The van der Waals surface area contributed by atoms with Crippen LogP contribution in [-0.2, 0) is 31.1 Å². The molecular weight excluding hydrogens is 722 g/mol. The fourth-order valence-corrected chi connectivity index (χ4v) is 11.5. The number of fused-ring (bicyclic) bond motifs is 1. The van der Waals surface area contributed by atoms with E-state index in [0.717, 1.165) is 34.1 Å². The van der Waals surface area contributed by atoms with E-state index in [1.165, 1.54) is 80.7 Å². The first-order valence-electron chi connectivity index (χ1n) is 16.3. The van der Waals surface area contributed by atoms with Gasteiger partial charge in [0, 0.05) is 36.8 Å². The Morgan fingerprint density at radius 2 is 1.51 bits per heavy atom. The van der Waals surface area contributed by atoms with Gasteiger partial charge in [0.2, 0.25) is 0 Å². The summed E-state index contributed by atoms with van der Waals surface area (Å²) in [6.07, 6.45) is 13.6. The molecule has 0 unspecified atom stereocenters. The molecule has 2 saturated carbocycles. The standard InChI is InChI=1S/C21H22N.C18H26OP.Ir/c1-14(2)10-17-6-5-7-21-19(17)8-9-20(22-21)18-12-15(3)11-16(4)13-18;19-20(16-10-4-1-5-11-16,17-12-6-2-7-13-17)18-14-8-3-9-15-18;/h5-9,11-12,14H,10H2,1-4H3;1,4-5,10,17-18H,2-3,6-9,12-15H2;/q2*-1;. The monoisotopic (exact) mass is 770 g/mol. The van der Waals surface area contributed by atoms with E-state index in [1.807, 2.05) is 18.2 Å². The van der Waals surface area contributed by atoms with Gasteiger partial charge in [-0.15, -0.1) is 40.2 Å². The normalized spacial score (nSPS) is 16.4. The van der Waals surface area contributed by atoms with E-state index in [2.05, 4.69) is 88.4 Å². The van der Waals surface area contributed by atoms with E-state index in [4.69, 9.17) is 4.98 Å². The van der Waals surface area contributed by atoms with Crippen molar-refractivity contribution in [3.63, 3.8) is 0 Å². The molecule has 1 aromatic heterocycles. The minimum Gasteiger partial charge on any atom is -0.320 e. The van der Waals surface area contributed by atoms with Crippen molar-refractivity contribution in [3.8, 4) is 11.3 Å². The maximum absolute atomic E-state index is 14.1. The number of aryl methyl sites for hydroxylation is 2. The van der Waals surface area contributed by atoms with Crippen LogP contribution in [0.15, 0.2) is 66.7 Å². The summed E-state index contributed by atoms with van der Waals surface area (Å²) in [5, 5.41) is 2.32. The topological polar surface area (TPSA) is 30.0 Å². The summed E-state index contributed by atoms with van der Waals surface area (Å²) in [5.41, 5.74) is 7.83. The van der Waals surface area contributed by atoms with Gasteiger partial charge in [-0.2, -0.15) is 30.3 Å². The molecule has 0 bridgehead atoms. The molecule has 1 radical (unpaired) electrons. The molecule has 4 heteroatoms. The van der Waals surface area contributed by atoms with Crippen molar-refractivity contribution >= 4 is 23.3 Å². The van der Waals surface area contributed by atoms with Crippen LogP contribution in [0.1, 0.15) is 94.7 Å². The van der Waals surface area contributed by atoms with Crippen LogP contribution < -0.4 is 5.30 Å². The van der Waals surface area contributed by atoms with Crippen LogP contribution in [-0.4, -0.2) is 16.3 Å². The molecule has 0 N–H and O–H groups in total. The van der Waals surface area contributed by atoms with Gasteiger partial charge in [0.1, 0.15) is 0 Å². The molecule has 4 aromatic rings. The van der Waals surface area contributed by atoms with E-state index in [0.29, 0.717) is 17.2 Å². The molecule has 0 aliphatic heterocycles. The van der Waals surface area contributed by atoms with Gasteiger partial charge in [-0.25, -0.2) is 0 Å². The van der Waals surface area contributed by atoms with Gasteiger partial charge in [0.15, 0.2) is 0 Å². The van der Waals surface area contributed by atoms with Crippen molar-refractivity contribution in [2.45, 2.75) is 110 Å². The van der Waals surface area contributed by atoms with E-state index in [1.54, 1.807) is 0 Å². The summed E-state index contributed by atoms with van der Waals surface area (Å²) in [7, 11) is -2.28. The smallest absolute Gasteiger partial charge is 0.0978 e. The van der Waals surface area contributed by atoms with E-state index < -0.39 is 7.14 Å². The molecule has 0 amide bonds. The number of hydrogen-bond acceptors (Lipinski definition) is 2. The van der Waals surface area contributed by atoms with Crippen molar-refractivity contribution < 1.29 is 24.7 Å². The molecule has 43 heavy (non-hydrogen) atoms. The average molecular weight is 770 g/mol. The molecule has 2 aliphatic rings. The van der Waals surface area contributed by atoms with Crippen molar-refractivity contribution in [1.29, 1.82) is 0 Å². The quantitative estimate of drug-likeness (QED) is 0.144. The van der Waals surface area contributed by atoms with Gasteiger partial charge in [-0.05, 0) is 55.3 Å². The Kier molecular flexibility index (Phi) is 12.4. The van der Waals surface area contributed by atoms with Crippen LogP contribution in [0.5, 0.6) is 0 Å². The molecule has 2 aliphatic carbocycles.